The van der Waals surface area contributed by atoms with E-state index in [2.05, 4.69) is 15.2 Å². The van der Waals surface area contributed by atoms with Crippen molar-refractivity contribution in [2.24, 2.45) is 5.73 Å². The summed E-state index contributed by atoms with van der Waals surface area (Å²) < 4.78 is 13.5. The Hall–Kier alpha value is -2.22. The van der Waals surface area contributed by atoms with Gasteiger partial charge in [0.05, 0.1) is 24.5 Å². The van der Waals surface area contributed by atoms with E-state index in [0.29, 0.717) is 5.69 Å². The first kappa shape index (κ1) is 17.6. The molecule has 0 radical (unpaired) electrons. The maximum absolute atomic E-state index is 13.5. The van der Waals surface area contributed by atoms with E-state index in [1.165, 1.54) is 24.2 Å². The second kappa shape index (κ2) is 7.77. The van der Waals surface area contributed by atoms with Crippen LogP contribution in [0.15, 0.2) is 18.3 Å². The molecule has 0 aromatic carbocycles. The van der Waals surface area contributed by atoms with E-state index < -0.39 is 18.1 Å². The van der Waals surface area contributed by atoms with Crippen molar-refractivity contribution < 1.29 is 14.0 Å². The number of pyridine rings is 1. The average molecular weight is 349 g/mol. The van der Waals surface area contributed by atoms with Crippen LogP contribution in [0.3, 0.4) is 0 Å². The van der Waals surface area contributed by atoms with E-state index in [-0.39, 0.29) is 25.4 Å². The molecule has 2 fully saturated rings. The minimum Gasteiger partial charge on any atom is -0.368 e. The largest absolute Gasteiger partial charge is 0.368 e. The average Bonchev–Trinajstić information content (AvgIpc) is 2.97. The molecule has 3 rings (SSSR count). The maximum atomic E-state index is 13.5. The first-order chi connectivity index (χ1) is 12.0. The molecule has 7 nitrogen and oxygen atoms in total. The predicted octanol–water partition coefficient (Wildman–Crippen LogP) is 0.908. The summed E-state index contributed by atoms with van der Waals surface area (Å²) in [7, 11) is 0. The molecule has 2 saturated heterocycles. The molecular weight excluding hydrogens is 325 g/mol. The molecule has 0 unspecified atom stereocenters. The van der Waals surface area contributed by atoms with Gasteiger partial charge in [-0.05, 0) is 31.4 Å². The van der Waals surface area contributed by atoms with Crippen molar-refractivity contribution in [3.63, 3.8) is 0 Å². The lowest BCUT2D eigenvalue weighted by Gasteiger charge is -2.27. The van der Waals surface area contributed by atoms with E-state index in [1.54, 1.807) is 6.20 Å². The molecule has 25 heavy (non-hydrogen) atoms. The highest BCUT2D eigenvalue weighted by molar-refractivity contribution is 5.92. The molecule has 2 aliphatic heterocycles. The number of halogens is 1. The summed E-state index contributed by atoms with van der Waals surface area (Å²) >= 11 is 0. The van der Waals surface area contributed by atoms with Gasteiger partial charge in [0.2, 0.25) is 11.8 Å². The summed E-state index contributed by atoms with van der Waals surface area (Å²) in [4.78, 5) is 31.6. The molecule has 3 N–H and O–H groups in total. The third-order valence-corrected chi connectivity index (χ3v) is 4.74. The molecule has 0 spiro atoms. The number of nitrogens with two attached hydrogens (primary N) is 1. The van der Waals surface area contributed by atoms with Crippen LogP contribution in [0.4, 0.5) is 15.9 Å². The molecule has 1 aromatic rings. The summed E-state index contributed by atoms with van der Waals surface area (Å²) in [5.74, 6) is -0.000297. The molecule has 0 bridgehead atoms. The number of anilines is 2. The summed E-state index contributed by atoms with van der Waals surface area (Å²) in [6.45, 7) is 1.99. The number of carbonyl (C=O) groups is 2. The molecular formula is C17H24FN5O2. The van der Waals surface area contributed by atoms with Crippen molar-refractivity contribution >= 4 is 23.3 Å². The number of hydrogen-bond acceptors (Lipinski definition) is 5. The van der Waals surface area contributed by atoms with Crippen molar-refractivity contribution in [1.82, 2.24) is 9.88 Å². The van der Waals surface area contributed by atoms with Gasteiger partial charge in [-0.2, -0.15) is 0 Å². The Morgan fingerprint density at radius 1 is 1.28 bits per heavy atom. The SMILES string of the molecule is NC(=O)[C@@H]1C[C@@H](F)CN1CC(=O)Nc1ccc(N2CCCCC2)nc1. The highest BCUT2D eigenvalue weighted by Crippen LogP contribution is 2.21. The third kappa shape index (κ3) is 4.45. The van der Waals surface area contributed by atoms with E-state index in [1.807, 2.05) is 12.1 Å². The second-order valence-electron chi connectivity index (χ2n) is 6.68. The lowest BCUT2D eigenvalue weighted by atomic mass is 10.1. The molecule has 2 amide bonds. The lowest BCUT2D eigenvalue weighted by Crippen LogP contribution is -2.43. The summed E-state index contributed by atoms with van der Waals surface area (Å²) in [6.07, 6.45) is 4.15. The van der Waals surface area contributed by atoms with Gasteiger partial charge in [0.1, 0.15) is 12.0 Å². The molecule has 2 aliphatic rings. The Labute approximate surface area is 146 Å². The zero-order valence-corrected chi connectivity index (χ0v) is 14.2. The summed E-state index contributed by atoms with van der Waals surface area (Å²) in [5, 5.41) is 2.74. The first-order valence-electron chi connectivity index (χ1n) is 8.71. The maximum Gasteiger partial charge on any atom is 0.238 e. The number of alkyl halides is 1. The standard InChI is InChI=1S/C17H24FN5O2/c18-12-8-14(17(19)25)23(10-12)11-16(24)21-13-4-5-15(20-9-13)22-6-2-1-3-7-22/h4-5,9,12,14H,1-3,6-8,10-11H2,(H2,19,25)(H,21,24)/t12-,14+/m1/s1. The van der Waals surface area contributed by atoms with Crippen LogP contribution in [0.1, 0.15) is 25.7 Å². The van der Waals surface area contributed by atoms with Gasteiger partial charge in [-0.3, -0.25) is 14.5 Å². The van der Waals surface area contributed by atoms with Crippen LogP contribution in [0.25, 0.3) is 0 Å². The number of primary amides is 1. The molecule has 2 atom stereocenters. The number of carbonyl (C=O) groups excluding carboxylic acids is 2. The summed E-state index contributed by atoms with van der Waals surface area (Å²) in [6, 6.07) is 2.98. The minimum absolute atomic E-state index is 0.0488. The van der Waals surface area contributed by atoms with Gasteiger partial charge in [0.15, 0.2) is 0 Å². The molecule has 136 valence electrons. The van der Waals surface area contributed by atoms with Gasteiger partial charge in [0, 0.05) is 26.1 Å². The van der Waals surface area contributed by atoms with Crippen molar-refractivity contribution in [2.45, 2.75) is 37.9 Å². The van der Waals surface area contributed by atoms with Gasteiger partial charge in [-0.1, -0.05) is 0 Å². The van der Waals surface area contributed by atoms with Gasteiger partial charge < -0.3 is 16.0 Å². The Kier molecular flexibility index (Phi) is 5.47. The Bertz CT molecular complexity index is 618. The number of hydrogen-bond donors (Lipinski definition) is 2. The minimum atomic E-state index is -1.13. The zero-order valence-electron chi connectivity index (χ0n) is 14.2. The van der Waals surface area contributed by atoms with Crippen molar-refractivity contribution in [3.8, 4) is 0 Å². The number of rotatable bonds is 5. The predicted molar refractivity (Wildman–Crippen MR) is 93.0 cm³/mol. The highest BCUT2D eigenvalue weighted by Gasteiger charge is 2.36. The Morgan fingerprint density at radius 3 is 2.68 bits per heavy atom. The topological polar surface area (TPSA) is 91.6 Å². The van der Waals surface area contributed by atoms with E-state index in [0.717, 1.165) is 18.9 Å². The zero-order chi connectivity index (χ0) is 17.8. The van der Waals surface area contributed by atoms with Crippen molar-refractivity contribution in [2.75, 3.05) is 36.4 Å². The molecule has 8 heteroatoms. The van der Waals surface area contributed by atoms with Crippen LogP contribution >= 0.6 is 0 Å². The summed E-state index contributed by atoms with van der Waals surface area (Å²) in [5.41, 5.74) is 5.85. The van der Waals surface area contributed by atoms with Gasteiger partial charge in [-0.25, -0.2) is 9.37 Å². The van der Waals surface area contributed by atoms with E-state index >= 15 is 0 Å². The third-order valence-electron chi connectivity index (χ3n) is 4.74. The number of aromatic nitrogens is 1. The fraction of sp³-hybridized carbons (Fsp3) is 0.588. The van der Waals surface area contributed by atoms with Crippen LogP contribution in [0.2, 0.25) is 0 Å². The van der Waals surface area contributed by atoms with Gasteiger partial charge in [0.25, 0.3) is 0 Å². The Balaban J connectivity index is 1.55. The number of nitrogens with one attached hydrogen (secondary N) is 1. The lowest BCUT2D eigenvalue weighted by molar-refractivity contribution is -0.123. The van der Waals surface area contributed by atoms with E-state index in [4.69, 9.17) is 5.73 Å². The monoisotopic (exact) mass is 349 g/mol. The molecule has 1 aromatic heterocycles. The Morgan fingerprint density at radius 2 is 2.04 bits per heavy atom. The first-order valence-corrected chi connectivity index (χ1v) is 8.71. The highest BCUT2D eigenvalue weighted by atomic mass is 19.1. The van der Waals surface area contributed by atoms with Crippen LogP contribution in [-0.4, -0.2) is 60.1 Å². The number of amides is 2. The molecule has 3 heterocycles. The van der Waals surface area contributed by atoms with Gasteiger partial charge >= 0.3 is 0 Å². The van der Waals surface area contributed by atoms with Crippen LogP contribution in [-0.2, 0) is 9.59 Å². The fourth-order valence-corrected chi connectivity index (χ4v) is 3.47. The van der Waals surface area contributed by atoms with E-state index in [9.17, 15) is 14.0 Å². The number of likely N-dealkylation sites (tertiary alicyclic amines) is 1. The number of piperidine rings is 1. The quantitative estimate of drug-likeness (QED) is 0.824. The van der Waals surface area contributed by atoms with Gasteiger partial charge in [-0.15, -0.1) is 0 Å². The van der Waals surface area contributed by atoms with Crippen molar-refractivity contribution in [3.05, 3.63) is 18.3 Å². The fourth-order valence-electron chi connectivity index (χ4n) is 3.47. The van der Waals surface area contributed by atoms with Crippen LogP contribution in [0.5, 0.6) is 0 Å². The normalized spacial score (nSPS) is 24.3. The smallest absolute Gasteiger partial charge is 0.238 e. The molecule has 0 aliphatic carbocycles. The molecule has 0 saturated carbocycles. The van der Waals surface area contributed by atoms with Crippen LogP contribution < -0.4 is 16.0 Å². The number of nitrogens with zero attached hydrogens (tertiary/aromatic N) is 3. The van der Waals surface area contributed by atoms with Crippen molar-refractivity contribution in [1.29, 1.82) is 0 Å². The second-order valence-corrected chi connectivity index (χ2v) is 6.68. The van der Waals surface area contributed by atoms with Crippen LogP contribution in [0, 0.1) is 0 Å².